The van der Waals surface area contributed by atoms with E-state index in [1.807, 2.05) is 33.8 Å². The van der Waals surface area contributed by atoms with Gasteiger partial charge in [0.2, 0.25) is 11.8 Å². The van der Waals surface area contributed by atoms with Crippen LogP contribution >= 0.6 is 0 Å². The Morgan fingerprint density at radius 1 is 1.29 bits per heavy atom. The molecular formula is C18H25N3O3. The third-order valence-electron chi connectivity index (χ3n) is 3.84. The normalized spacial score (nSPS) is 16.6. The molecule has 1 atom stereocenters. The molecule has 24 heavy (non-hydrogen) atoms. The Morgan fingerprint density at radius 3 is 2.75 bits per heavy atom. The molecule has 0 unspecified atom stereocenters. The van der Waals surface area contributed by atoms with E-state index in [-0.39, 0.29) is 11.5 Å². The zero-order valence-electron chi connectivity index (χ0n) is 15.0. The second-order valence-electron chi connectivity index (χ2n) is 7.13. The van der Waals surface area contributed by atoms with Gasteiger partial charge in [0.15, 0.2) is 0 Å². The molecule has 0 bridgehead atoms. The van der Waals surface area contributed by atoms with E-state index >= 15 is 0 Å². The van der Waals surface area contributed by atoms with Gasteiger partial charge in [-0.2, -0.15) is 0 Å². The first-order valence-electron chi connectivity index (χ1n) is 8.40. The minimum Gasteiger partial charge on any atom is -0.492 e. The summed E-state index contributed by atoms with van der Waals surface area (Å²) >= 11 is 0. The molecule has 2 aromatic rings. The van der Waals surface area contributed by atoms with E-state index in [2.05, 4.69) is 28.5 Å². The first-order chi connectivity index (χ1) is 11.4. The van der Waals surface area contributed by atoms with E-state index in [1.165, 1.54) is 5.56 Å². The molecule has 6 heteroatoms. The van der Waals surface area contributed by atoms with E-state index in [0.717, 1.165) is 23.6 Å². The van der Waals surface area contributed by atoms with Gasteiger partial charge in [-0.3, -0.25) is 0 Å². The van der Waals surface area contributed by atoms with Crippen LogP contribution in [0.25, 0.3) is 0 Å². The fourth-order valence-corrected chi connectivity index (χ4v) is 2.65. The lowest BCUT2D eigenvalue weighted by Crippen LogP contribution is -2.11. The van der Waals surface area contributed by atoms with Crippen molar-refractivity contribution in [1.29, 1.82) is 0 Å². The number of rotatable bonds is 5. The molecule has 1 aliphatic rings. The van der Waals surface area contributed by atoms with Crippen molar-refractivity contribution in [3.63, 3.8) is 0 Å². The van der Waals surface area contributed by atoms with E-state index in [0.29, 0.717) is 24.9 Å². The Morgan fingerprint density at radius 2 is 2.08 bits per heavy atom. The number of hydrogen-bond acceptors (Lipinski definition) is 6. The molecule has 0 saturated carbocycles. The van der Waals surface area contributed by atoms with Crippen LogP contribution in [0.3, 0.4) is 0 Å². The van der Waals surface area contributed by atoms with Crippen molar-refractivity contribution in [3.8, 4) is 11.5 Å². The maximum atomic E-state index is 5.83. The van der Waals surface area contributed by atoms with Crippen LogP contribution < -0.4 is 14.8 Å². The highest BCUT2D eigenvalue weighted by atomic mass is 16.5. The third kappa shape index (κ3) is 3.47. The maximum absolute atomic E-state index is 5.83. The fourth-order valence-electron chi connectivity index (χ4n) is 2.65. The quantitative estimate of drug-likeness (QED) is 0.901. The lowest BCUT2D eigenvalue weighted by Gasteiger charge is -2.13. The Labute approximate surface area is 142 Å². The van der Waals surface area contributed by atoms with Crippen LogP contribution in [0.4, 0.5) is 5.69 Å². The van der Waals surface area contributed by atoms with E-state index in [9.17, 15) is 0 Å². The molecule has 1 N–H and O–H groups in total. The average Bonchev–Trinajstić information content (AvgIpc) is 3.10. The van der Waals surface area contributed by atoms with Crippen molar-refractivity contribution in [3.05, 3.63) is 29.5 Å². The van der Waals surface area contributed by atoms with Gasteiger partial charge < -0.3 is 19.2 Å². The zero-order chi connectivity index (χ0) is 17.3. The summed E-state index contributed by atoms with van der Waals surface area (Å²) in [5.41, 5.74) is 1.91. The molecule has 0 aliphatic carbocycles. The summed E-state index contributed by atoms with van der Waals surface area (Å²) < 4.78 is 17.3. The van der Waals surface area contributed by atoms with Crippen LogP contribution in [0.5, 0.6) is 11.5 Å². The highest BCUT2D eigenvalue weighted by Gasteiger charge is 2.23. The van der Waals surface area contributed by atoms with Gasteiger partial charge in [0.25, 0.3) is 0 Å². The van der Waals surface area contributed by atoms with E-state index in [1.54, 1.807) is 0 Å². The molecule has 1 aliphatic heterocycles. The Bertz CT molecular complexity index is 719. The minimum absolute atomic E-state index is 0.153. The summed E-state index contributed by atoms with van der Waals surface area (Å²) in [7, 11) is 0. The molecule has 2 heterocycles. The van der Waals surface area contributed by atoms with E-state index < -0.39 is 0 Å². The molecule has 6 nitrogen and oxygen atoms in total. The van der Waals surface area contributed by atoms with Crippen LogP contribution in [0.1, 0.15) is 52.0 Å². The van der Waals surface area contributed by atoms with Crippen LogP contribution in [-0.2, 0) is 18.4 Å². The van der Waals surface area contributed by atoms with Gasteiger partial charge in [0.05, 0.1) is 18.8 Å². The van der Waals surface area contributed by atoms with Gasteiger partial charge in [0.1, 0.15) is 17.6 Å². The fraction of sp³-hybridized carbons (Fsp3) is 0.556. The summed E-state index contributed by atoms with van der Waals surface area (Å²) in [6.07, 6.45) is 1.11. The van der Waals surface area contributed by atoms with Crippen molar-refractivity contribution >= 4 is 5.69 Å². The number of aromatic nitrogens is 2. The predicted molar refractivity (Wildman–Crippen MR) is 91.7 cm³/mol. The summed E-state index contributed by atoms with van der Waals surface area (Å²) in [5, 5.41) is 11.5. The first-order valence-corrected chi connectivity index (χ1v) is 8.40. The highest BCUT2D eigenvalue weighted by Crippen LogP contribution is 2.38. The van der Waals surface area contributed by atoms with Crippen molar-refractivity contribution < 1.29 is 13.9 Å². The number of hydrogen-bond donors (Lipinski definition) is 1. The molecular weight excluding hydrogens is 306 g/mol. The second kappa shape index (κ2) is 6.34. The largest absolute Gasteiger partial charge is 0.492 e. The lowest BCUT2D eigenvalue weighted by atomic mass is 9.97. The molecule has 0 fully saturated rings. The molecule has 0 spiro atoms. The van der Waals surface area contributed by atoms with E-state index in [4.69, 9.17) is 13.9 Å². The van der Waals surface area contributed by atoms with Crippen molar-refractivity contribution in [2.24, 2.45) is 0 Å². The van der Waals surface area contributed by atoms with Crippen molar-refractivity contribution in [1.82, 2.24) is 10.2 Å². The number of fused-ring (bicyclic) bond motifs is 1. The molecule has 0 saturated heterocycles. The maximum Gasteiger partial charge on any atom is 0.235 e. The average molecular weight is 331 g/mol. The summed E-state index contributed by atoms with van der Waals surface area (Å²) in [6.45, 7) is 11.2. The van der Waals surface area contributed by atoms with Crippen LogP contribution in [-0.4, -0.2) is 22.9 Å². The van der Waals surface area contributed by atoms with Crippen LogP contribution in [0.2, 0.25) is 0 Å². The molecule has 1 aromatic carbocycles. The van der Waals surface area contributed by atoms with Gasteiger partial charge in [-0.05, 0) is 19.9 Å². The molecule has 1 aromatic heterocycles. The first kappa shape index (κ1) is 16.6. The monoisotopic (exact) mass is 331 g/mol. The minimum atomic E-state index is -0.153. The Balaban J connectivity index is 1.77. The molecule has 3 rings (SSSR count). The second-order valence-corrected chi connectivity index (χ2v) is 7.13. The van der Waals surface area contributed by atoms with Crippen molar-refractivity contribution in [2.45, 2.75) is 59.1 Å². The summed E-state index contributed by atoms with van der Waals surface area (Å²) in [4.78, 5) is 0. The van der Waals surface area contributed by atoms with Crippen LogP contribution in [0, 0.1) is 0 Å². The number of nitrogens with zero attached hydrogens (tertiary/aromatic N) is 2. The summed E-state index contributed by atoms with van der Waals surface area (Å²) in [5.74, 6) is 2.92. The van der Waals surface area contributed by atoms with Crippen molar-refractivity contribution in [2.75, 3.05) is 11.9 Å². The van der Waals surface area contributed by atoms with Gasteiger partial charge >= 0.3 is 0 Å². The standard InChI is InChI=1S/C18H25N3O3/c1-6-22-15-8-12-7-11(2)23-14(12)9-13(15)19-10-16-20-21-17(24-16)18(3,4)5/h8-9,11,19H,6-7,10H2,1-5H3/t11-/m0/s1. The highest BCUT2D eigenvalue weighted by molar-refractivity contribution is 5.63. The SMILES string of the molecule is CCOc1cc2c(cc1NCc1nnc(C(C)(C)C)o1)O[C@@H](C)C2. The lowest BCUT2D eigenvalue weighted by molar-refractivity contribution is 0.254. The summed E-state index contributed by atoms with van der Waals surface area (Å²) in [6, 6.07) is 4.05. The van der Waals surface area contributed by atoms with Crippen LogP contribution in [0.15, 0.2) is 16.5 Å². The smallest absolute Gasteiger partial charge is 0.235 e. The number of benzene rings is 1. The number of anilines is 1. The molecule has 130 valence electrons. The molecule has 0 radical (unpaired) electrons. The number of ether oxygens (including phenoxy) is 2. The Kier molecular flexibility index (Phi) is 4.39. The number of nitrogens with one attached hydrogen (secondary N) is 1. The zero-order valence-corrected chi connectivity index (χ0v) is 15.0. The third-order valence-corrected chi connectivity index (χ3v) is 3.84. The predicted octanol–water partition coefficient (Wildman–Crippen LogP) is 3.70. The van der Waals surface area contributed by atoms with Gasteiger partial charge in [-0.1, -0.05) is 20.8 Å². The molecule has 0 amide bonds. The Hall–Kier alpha value is -2.24. The van der Waals surface area contributed by atoms with Gasteiger partial charge in [-0.15, -0.1) is 10.2 Å². The van der Waals surface area contributed by atoms with Gasteiger partial charge in [-0.25, -0.2) is 0 Å². The van der Waals surface area contributed by atoms with Gasteiger partial charge in [0, 0.05) is 23.5 Å². The topological polar surface area (TPSA) is 69.4 Å².